The predicted molar refractivity (Wildman–Crippen MR) is 212 cm³/mol. The zero-order valence-corrected chi connectivity index (χ0v) is 26.4. The zero-order chi connectivity index (χ0) is 44.3. The van der Waals surface area contributed by atoms with Gasteiger partial charge < -0.3 is 4.42 Å². The van der Waals surface area contributed by atoms with E-state index in [-0.39, 0.29) is 38.2 Å². The van der Waals surface area contributed by atoms with Crippen molar-refractivity contribution in [2.45, 2.75) is 6.42 Å². The number of rotatable bonds is 5. The number of hydrogen-bond donors (Lipinski definition) is 0. The lowest BCUT2D eigenvalue weighted by Gasteiger charge is -2.18. The summed E-state index contributed by atoms with van der Waals surface area (Å²) >= 11 is 0. The van der Waals surface area contributed by atoms with Crippen molar-refractivity contribution in [1.82, 2.24) is 0 Å². The lowest BCUT2D eigenvalue weighted by atomic mass is 9.85. The molecule has 1 nitrogen and oxygen atoms in total. The van der Waals surface area contributed by atoms with Crippen molar-refractivity contribution < 1.29 is 22.2 Å². The fourth-order valence-electron chi connectivity index (χ4n) is 7.22. The molecule has 10 aromatic rings. The molecular weight excluding hydrogens is 605 g/mol. The molecule has 0 aliphatic rings. The van der Waals surface area contributed by atoms with Crippen molar-refractivity contribution in [3.8, 4) is 33.4 Å². The van der Waals surface area contributed by atoms with Crippen LogP contribution in [0.25, 0.3) is 87.6 Å². The summed E-state index contributed by atoms with van der Waals surface area (Å²) in [5.41, 5.74) is 5.07. The molecule has 0 saturated carbocycles. The first kappa shape index (κ1) is 18.4. The minimum absolute atomic E-state index is 0.0210. The molecule has 1 aromatic heterocycles. The van der Waals surface area contributed by atoms with Gasteiger partial charge in [-0.3, -0.25) is 0 Å². The Kier molecular flexibility index (Phi) is 4.26. The van der Waals surface area contributed by atoms with Crippen molar-refractivity contribution in [1.29, 1.82) is 0 Å². The Morgan fingerprint density at radius 1 is 0.440 bits per heavy atom. The molecule has 0 bridgehead atoms. The number of para-hydroxylation sites is 1. The monoisotopic (exact) mass is 649 g/mol. The van der Waals surface area contributed by atoms with Crippen molar-refractivity contribution in [3.63, 3.8) is 0 Å². The van der Waals surface area contributed by atoms with E-state index in [4.69, 9.17) is 16.8 Å². The Bertz CT molecular complexity index is 3530. The summed E-state index contributed by atoms with van der Waals surface area (Å²) in [5, 5.41) is 3.77. The minimum atomic E-state index is -0.619. The van der Waals surface area contributed by atoms with Gasteiger partial charge in [0.2, 0.25) is 0 Å². The third kappa shape index (κ3) is 4.63. The van der Waals surface area contributed by atoms with E-state index >= 15 is 0 Å². The number of furan rings is 1. The van der Waals surface area contributed by atoms with E-state index < -0.39 is 85.0 Å². The molecule has 0 N–H and O–H groups in total. The Morgan fingerprint density at radius 2 is 1.06 bits per heavy atom. The van der Waals surface area contributed by atoms with Gasteiger partial charge in [-0.05, 0) is 95.9 Å². The van der Waals surface area contributed by atoms with Crippen molar-refractivity contribution in [2.24, 2.45) is 0 Å². The van der Waals surface area contributed by atoms with E-state index in [1.807, 2.05) is 54.6 Å². The fourth-order valence-corrected chi connectivity index (χ4v) is 7.22. The zero-order valence-electron chi connectivity index (χ0n) is 39.4. The maximum absolute atomic E-state index is 9.32. The second-order valence-electron chi connectivity index (χ2n) is 12.2. The molecule has 0 aliphatic heterocycles. The van der Waals surface area contributed by atoms with Crippen LogP contribution in [0.5, 0.6) is 0 Å². The Hall–Kier alpha value is -6.44. The molecule has 234 valence electrons. The quantitative estimate of drug-likeness (QED) is 0.169. The molecule has 0 spiro atoms. The van der Waals surface area contributed by atoms with Gasteiger partial charge in [0.05, 0.1) is 17.8 Å². The second-order valence-corrected chi connectivity index (χ2v) is 12.2. The highest BCUT2D eigenvalue weighted by Crippen LogP contribution is 2.43. The third-order valence-corrected chi connectivity index (χ3v) is 9.44. The van der Waals surface area contributed by atoms with E-state index in [1.165, 1.54) is 0 Å². The van der Waals surface area contributed by atoms with Crippen molar-refractivity contribution in [2.75, 3.05) is 0 Å². The molecule has 1 heterocycles. The number of fused-ring (bicyclic) bond motifs is 6. The Balaban J connectivity index is 1.25. The maximum Gasteiger partial charge on any atom is 0.143 e. The Morgan fingerprint density at radius 3 is 1.88 bits per heavy atom. The lowest BCUT2D eigenvalue weighted by Crippen LogP contribution is -1.95. The predicted octanol–water partition coefficient (Wildman–Crippen LogP) is 13.6. The molecule has 0 fully saturated rings. The van der Waals surface area contributed by atoms with Gasteiger partial charge >= 0.3 is 0 Å². The van der Waals surface area contributed by atoms with Gasteiger partial charge in [-0.2, -0.15) is 0 Å². The Labute approximate surface area is 308 Å². The normalized spacial score (nSPS) is 15.3. The number of benzene rings is 9. The van der Waals surface area contributed by atoms with Gasteiger partial charge in [0.1, 0.15) is 11.2 Å². The molecule has 0 aliphatic carbocycles. The van der Waals surface area contributed by atoms with E-state index in [0.29, 0.717) is 27.9 Å². The summed E-state index contributed by atoms with van der Waals surface area (Å²) in [7, 11) is 0. The van der Waals surface area contributed by atoms with Gasteiger partial charge in [-0.15, -0.1) is 0 Å². The molecule has 1 heteroatoms. The summed E-state index contributed by atoms with van der Waals surface area (Å²) < 4.78 is 121. The largest absolute Gasteiger partial charge is 0.455 e. The van der Waals surface area contributed by atoms with E-state index in [9.17, 15) is 5.48 Å². The van der Waals surface area contributed by atoms with Gasteiger partial charge in [-0.1, -0.05) is 163 Å². The van der Waals surface area contributed by atoms with Crippen LogP contribution in [0.3, 0.4) is 0 Å². The highest BCUT2D eigenvalue weighted by molar-refractivity contribution is 6.16. The molecule has 0 atom stereocenters. The van der Waals surface area contributed by atoms with Gasteiger partial charge in [0, 0.05) is 16.3 Å². The fraction of sp³-hybridized carbons (Fsp3) is 0.0204. The van der Waals surface area contributed by atoms with Crippen LogP contribution in [0.2, 0.25) is 0 Å². The summed E-state index contributed by atoms with van der Waals surface area (Å²) in [6, 6.07) is 26.3. The van der Waals surface area contributed by atoms with Gasteiger partial charge in [0.25, 0.3) is 0 Å². The third-order valence-electron chi connectivity index (χ3n) is 9.44. The molecule has 50 heavy (non-hydrogen) atoms. The van der Waals surface area contributed by atoms with Crippen LogP contribution in [0.15, 0.2) is 186 Å². The first-order chi connectivity index (χ1) is 30.2. The average Bonchev–Trinajstić information content (AvgIpc) is 3.68. The standard InChI is InChI=1S/C49H32O/c1-2-13-32(14-3-1)29-45-40-20-6-8-22-42(40)48(43-23-9-7-21-41(43)45)36-18-10-17-34(30-36)39-25-12-26-44-46-31-35(27-28-47(46)50-49(39)44)38-24-11-16-33-15-4-5-19-37(33)38/h1-28,30-31H,29H2/i1D,2D,3D,6D,7D,8D,9D,13D,14D,20D,21D,22D,23D. The first-order valence-corrected chi connectivity index (χ1v) is 16.2. The van der Waals surface area contributed by atoms with Crippen LogP contribution in [0.4, 0.5) is 0 Å². The highest BCUT2D eigenvalue weighted by atomic mass is 16.3. The average molecular weight is 650 g/mol. The molecular formula is C49H32O. The second kappa shape index (κ2) is 11.6. The molecule has 9 aromatic carbocycles. The van der Waals surface area contributed by atoms with Gasteiger partial charge in [0.15, 0.2) is 0 Å². The SMILES string of the molecule is [2H]c1c([2H])c([2H])c(Cc2c3c([2H])c([2H])c([2H])c([2H])c3c(-c3cccc(-c4cccc5c4oc4ccc(-c6cccc7ccccc67)cc45)c3)c3c([2H])c([2H])c([2H])c([2H])c23)c([2H])c1[2H]. The van der Waals surface area contributed by atoms with E-state index in [0.717, 1.165) is 32.7 Å². The van der Waals surface area contributed by atoms with Crippen LogP contribution in [0.1, 0.15) is 28.9 Å². The highest BCUT2D eigenvalue weighted by Gasteiger charge is 2.18. The summed E-state index contributed by atoms with van der Waals surface area (Å²) in [6.45, 7) is 0. The summed E-state index contributed by atoms with van der Waals surface area (Å²) in [6.07, 6.45) is -0.497. The van der Waals surface area contributed by atoms with E-state index in [1.54, 1.807) is 18.2 Å². The van der Waals surface area contributed by atoms with Crippen LogP contribution in [0, 0.1) is 0 Å². The smallest absolute Gasteiger partial charge is 0.143 e. The summed E-state index contributed by atoms with van der Waals surface area (Å²) in [4.78, 5) is 0. The van der Waals surface area contributed by atoms with Crippen LogP contribution in [-0.2, 0) is 6.42 Å². The van der Waals surface area contributed by atoms with Crippen molar-refractivity contribution >= 4 is 54.3 Å². The molecule has 0 saturated heterocycles. The minimum Gasteiger partial charge on any atom is -0.455 e. The topological polar surface area (TPSA) is 13.1 Å². The summed E-state index contributed by atoms with van der Waals surface area (Å²) in [5.74, 6) is 0. The molecule has 10 rings (SSSR count). The molecule has 0 unspecified atom stereocenters. The van der Waals surface area contributed by atoms with Gasteiger partial charge in [-0.25, -0.2) is 0 Å². The maximum atomic E-state index is 9.32. The number of hydrogen-bond acceptors (Lipinski definition) is 1. The molecule has 0 radical (unpaired) electrons. The first-order valence-electron chi connectivity index (χ1n) is 22.7. The molecule has 0 amide bonds. The van der Waals surface area contributed by atoms with Crippen LogP contribution >= 0.6 is 0 Å². The van der Waals surface area contributed by atoms with Crippen LogP contribution in [-0.4, -0.2) is 0 Å². The van der Waals surface area contributed by atoms with Crippen molar-refractivity contribution in [3.05, 3.63) is 193 Å². The lowest BCUT2D eigenvalue weighted by molar-refractivity contribution is 0.670. The van der Waals surface area contributed by atoms with Crippen LogP contribution < -0.4 is 0 Å². The van der Waals surface area contributed by atoms with E-state index in [2.05, 4.69) is 30.3 Å².